The van der Waals surface area contributed by atoms with Gasteiger partial charge in [-0.25, -0.2) is 5.01 Å². The summed E-state index contributed by atoms with van der Waals surface area (Å²) in [6.45, 7) is 3.55. The smallest absolute Gasteiger partial charge is 0.241 e. The Bertz CT molecular complexity index is 920. The first-order chi connectivity index (χ1) is 13.9. The van der Waals surface area contributed by atoms with Gasteiger partial charge in [-0.05, 0) is 29.8 Å². The summed E-state index contributed by atoms with van der Waals surface area (Å²) in [6, 6.07) is 14.6. The van der Waals surface area contributed by atoms with E-state index < -0.39 is 0 Å². The van der Waals surface area contributed by atoms with Crippen molar-refractivity contribution in [3.8, 4) is 11.5 Å². The highest BCUT2D eigenvalue weighted by Crippen LogP contribution is 2.39. The first-order valence-corrected chi connectivity index (χ1v) is 10.1. The Morgan fingerprint density at radius 1 is 1.10 bits per heavy atom. The quantitative estimate of drug-likeness (QED) is 0.701. The number of hydrazone groups is 1. The number of carbonyl (C=O) groups excluding carboxylic acids is 2. The highest BCUT2D eigenvalue weighted by Gasteiger charge is 2.32. The Labute approximate surface area is 178 Å². The molecule has 9 heteroatoms. The van der Waals surface area contributed by atoms with Crippen LogP contribution >= 0.6 is 23.4 Å². The molecule has 1 N–H and O–H groups in total. The molecule has 0 aliphatic carbocycles. The van der Waals surface area contributed by atoms with Crippen LogP contribution in [0.15, 0.2) is 53.6 Å². The molecule has 0 saturated carbocycles. The number of ether oxygens (including phenoxy) is 2. The Hall–Kier alpha value is -2.71. The second kappa shape index (κ2) is 9.67. The van der Waals surface area contributed by atoms with Gasteiger partial charge in [-0.3, -0.25) is 9.59 Å². The van der Waals surface area contributed by atoms with Crippen molar-refractivity contribution >= 4 is 40.3 Å². The molecule has 7 nitrogen and oxygen atoms in total. The van der Waals surface area contributed by atoms with Crippen LogP contribution in [0, 0.1) is 0 Å². The number of nitrogens with one attached hydrogen (secondary N) is 1. The number of amides is 2. The summed E-state index contributed by atoms with van der Waals surface area (Å²) in [7, 11) is 0. The Morgan fingerprint density at radius 2 is 1.79 bits per heavy atom. The molecule has 2 amide bonds. The van der Waals surface area contributed by atoms with E-state index in [1.54, 1.807) is 12.1 Å². The fraction of sp³-hybridized carbons (Fsp3) is 0.250. The van der Waals surface area contributed by atoms with Gasteiger partial charge in [-0.1, -0.05) is 47.6 Å². The number of carbonyl (C=O) groups is 2. The molecule has 1 aliphatic heterocycles. The van der Waals surface area contributed by atoms with E-state index >= 15 is 0 Å². The second-order valence-electron chi connectivity index (χ2n) is 6.12. The molecule has 0 aromatic heterocycles. The van der Waals surface area contributed by atoms with E-state index in [2.05, 4.69) is 10.4 Å². The van der Waals surface area contributed by atoms with Crippen LogP contribution in [-0.4, -0.2) is 35.2 Å². The summed E-state index contributed by atoms with van der Waals surface area (Å²) in [6.07, 6.45) is 0. The summed E-state index contributed by atoms with van der Waals surface area (Å²) in [4.78, 5) is 23.1. The molecule has 2 aromatic rings. The number of amidine groups is 1. The van der Waals surface area contributed by atoms with Crippen LogP contribution in [0.2, 0.25) is 5.02 Å². The number of rotatable bonds is 6. The summed E-state index contributed by atoms with van der Waals surface area (Å²) in [5.74, 6) is 0.852. The zero-order valence-corrected chi connectivity index (χ0v) is 17.5. The van der Waals surface area contributed by atoms with E-state index in [0.29, 0.717) is 34.9 Å². The van der Waals surface area contributed by atoms with Gasteiger partial charge >= 0.3 is 0 Å². The molecule has 0 unspecified atom stereocenters. The first-order valence-electron chi connectivity index (χ1n) is 8.87. The lowest BCUT2D eigenvalue weighted by Gasteiger charge is -2.19. The zero-order valence-electron chi connectivity index (χ0n) is 15.9. The van der Waals surface area contributed by atoms with Crippen LogP contribution in [0.1, 0.15) is 24.8 Å². The molecule has 0 bridgehead atoms. The predicted octanol–water partition coefficient (Wildman–Crippen LogP) is 3.80. The highest BCUT2D eigenvalue weighted by atomic mass is 35.5. The maximum atomic E-state index is 11.9. The Morgan fingerprint density at radius 3 is 2.45 bits per heavy atom. The SMILES string of the molecule is CC(=O)NC1=NN(C(C)=O)[C@@H](c2ccc(OCCOc3ccccc3Cl)cc2)S1. The number of halogens is 1. The number of hydrogen-bond acceptors (Lipinski definition) is 6. The van der Waals surface area contributed by atoms with E-state index in [1.807, 2.05) is 36.4 Å². The van der Waals surface area contributed by atoms with Crippen molar-refractivity contribution in [3.05, 3.63) is 59.1 Å². The van der Waals surface area contributed by atoms with Crippen molar-refractivity contribution in [2.45, 2.75) is 19.2 Å². The van der Waals surface area contributed by atoms with Crippen molar-refractivity contribution in [3.63, 3.8) is 0 Å². The molecule has 1 atom stereocenters. The fourth-order valence-electron chi connectivity index (χ4n) is 2.58. The topological polar surface area (TPSA) is 80.2 Å². The third-order valence-corrected chi connectivity index (χ3v) is 5.28. The minimum absolute atomic E-state index is 0.208. The van der Waals surface area contributed by atoms with Gasteiger partial charge in [0, 0.05) is 13.8 Å². The van der Waals surface area contributed by atoms with Crippen molar-refractivity contribution in [2.24, 2.45) is 5.10 Å². The third kappa shape index (κ3) is 5.65. The molecule has 152 valence electrons. The van der Waals surface area contributed by atoms with Gasteiger partial charge in [0.2, 0.25) is 11.8 Å². The highest BCUT2D eigenvalue weighted by molar-refractivity contribution is 8.14. The summed E-state index contributed by atoms with van der Waals surface area (Å²) < 4.78 is 11.3. The standard InChI is InChI=1S/C20H20ClN3O4S/c1-13(25)22-20-23-24(14(2)26)19(29-20)15-7-9-16(10-8-15)27-11-12-28-18-6-4-3-5-17(18)21/h3-10,19H,11-12H2,1-2H3,(H,22,23,25)/t19-/m1/s1. The van der Waals surface area contributed by atoms with Crippen LogP contribution in [-0.2, 0) is 9.59 Å². The van der Waals surface area contributed by atoms with Gasteiger partial charge in [0.15, 0.2) is 5.17 Å². The second-order valence-corrected chi connectivity index (χ2v) is 7.59. The van der Waals surface area contributed by atoms with E-state index in [9.17, 15) is 9.59 Å². The molecule has 0 spiro atoms. The molecule has 3 rings (SSSR count). The average molecular weight is 434 g/mol. The fourth-order valence-corrected chi connectivity index (χ4v) is 3.91. The van der Waals surface area contributed by atoms with Crippen LogP contribution < -0.4 is 14.8 Å². The van der Waals surface area contributed by atoms with Crippen LogP contribution in [0.5, 0.6) is 11.5 Å². The number of nitrogens with zero attached hydrogens (tertiary/aromatic N) is 2. The first kappa shape index (κ1) is 21.0. The van der Waals surface area contributed by atoms with Crippen LogP contribution in [0.4, 0.5) is 0 Å². The molecule has 2 aromatic carbocycles. The van der Waals surface area contributed by atoms with Gasteiger partial charge in [0.25, 0.3) is 0 Å². The number of para-hydroxylation sites is 1. The lowest BCUT2D eigenvalue weighted by Crippen LogP contribution is -2.25. The third-order valence-electron chi connectivity index (χ3n) is 3.86. The predicted molar refractivity (Wildman–Crippen MR) is 113 cm³/mol. The minimum Gasteiger partial charge on any atom is -0.490 e. The van der Waals surface area contributed by atoms with E-state index in [4.69, 9.17) is 21.1 Å². The van der Waals surface area contributed by atoms with Crippen molar-refractivity contribution < 1.29 is 19.1 Å². The summed E-state index contributed by atoms with van der Waals surface area (Å²) >= 11 is 7.35. The zero-order chi connectivity index (χ0) is 20.8. The molecule has 1 aliphatic rings. The number of thioether (sulfide) groups is 1. The number of hydrogen-bond donors (Lipinski definition) is 1. The largest absolute Gasteiger partial charge is 0.490 e. The van der Waals surface area contributed by atoms with Gasteiger partial charge in [0.1, 0.15) is 30.1 Å². The van der Waals surface area contributed by atoms with Gasteiger partial charge in [-0.2, -0.15) is 0 Å². The lowest BCUT2D eigenvalue weighted by atomic mass is 10.2. The van der Waals surface area contributed by atoms with Crippen molar-refractivity contribution in [2.75, 3.05) is 13.2 Å². The molecular weight excluding hydrogens is 414 g/mol. The van der Waals surface area contributed by atoms with Crippen molar-refractivity contribution in [1.82, 2.24) is 10.3 Å². The molecule has 1 heterocycles. The lowest BCUT2D eigenvalue weighted by molar-refractivity contribution is -0.129. The van der Waals surface area contributed by atoms with Gasteiger partial charge < -0.3 is 14.8 Å². The molecular formula is C20H20ClN3O4S. The van der Waals surface area contributed by atoms with Crippen molar-refractivity contribution in [1.29, 1.82) is 0 Å². The number of benzene rings is 2. The minimum atomic E-state index is -0.341. The van der Waals surface area contributed by atoms with E-state index in [0.717, 1.165) is 5.56 Å². The van der Waals surface area contributed by atoms with E-state index in [1.165, 1.54) is 30.6 Å². The maximum Gasteiger partial charge on any atom is 0.241 e. The van der Waals surface area contributed by atoms with Crippen LogP contribution in [0.3, 0.4) is 0 Å². The molecule has 29 heavy (non-hydrogen) atoms. The molecule has 0 radical (unpaired) electrons. The summed E-state index contributed by atoms with van der Waals surface area (Å²) in [5.41, 5.74) is 0.869. The maximum absolute atomic E-state index is 11.9. The average Bonchev–Trinajstić information content (AvgIpc) is 3.10. The van der Waals surface area contributed by atoms with Crippen LogP contribution in [0.25, 0.3) is 0 Å². The molecule has 0 fully saturated rings. The Kier molecular flexibility index (Phi) is 7.00. The molecule has 0 saturated heterocycles. The van der Waals surface area contributed by atoms with Gasteiger partial charge in [-0.15, -0.1) is 5.10 Å². The Balaban J connectivity index is 1.55. The summed E-state index contributed by atoms with van der Waals surface area (Å²) in [5, 5.41) is 8.76. The van der Waals surface area contributed by atoms with E-state index in [-0.39, 0.29) is 17.2 Å². The monoisotopic (exact) mass is 433 g/mol. The van der Waals surface area contributed by atoms with Gasteiger partial charge in [0.05, 0.1) is 5.02 Å². The normalized spacial score (nSPS) is 15.6.